The summed E-state index contributed by atoms with van der Waals surface area (Å²) in [5.41, 5.74) is -0.150. The molecular formula is C24H38N2O5. The molecule has 0 saturated carbocycles. The van der Waals surface area contributed by atoms with E-state index in [4.69, 9.17) is 0 Å². The lowest BCUT2D eigenvalue weighted by Gasteiger charge is -2.07. The number of carbonyl (C=O) groups excluding carboxylic acids is 2. The maximum atomic E-state index is 12.1. The highest BCUT2D eigenvalue weighted by Crippen LogP contribution is 2.26. The molecule has 0 saturated heterocycles. The predicted octanol–water partition coefficient (Wildman–Crippen LogP) is 6.80. The molecular weight excluding hydrogens is 396 g/mol. The number of amides is 1. The Labute approximate surface area is 186 Å². The Balaban J connectivity index is 2.18. The van der Waals surface area contributed by atoms with E-state index in [1.165, 1.54) is 83.5 Å². The quantitative estimate of drug-likeness (QED) is 0.126. The number of methoxy groups -OCH3 is 1. The van der Waals surface area contributed by atoms with Gasteiger partial charge >= 0.3 is 5.97 Å². The van der Waals surface area contributed by atoms with Crippen molar-refractivity contribution >= 4 is 23.3 Å². The molecule has 1 amide bonds. The number of ether oxygens (including phenoxy) is 1. The van der Waals surface area contributed by atoms with Gasteiger partial charge in [0.2, 0.25) is 5.91 Å². The molecule has 0 aliphatic rings. The van der Waals surface area contributed by atoms with Crippen molar-refractivity contribution in [1.29, 1.82) is 0 Å². The third-order valence-electron chi connectivity index (χ3n) is 5.40. The summed E-state index contributed by atoms with van der Waals surface area (Å²) in [6.07, 6.45) is 16.3. The van der Waals surface area contributed by atoms with Crippen molar-refractivity contribution in [2.75, 3.05) is 12.4 Å². The van der Waals surface area contributed by atoms with Crippen molar-refractivity contribution in [3.05, 3.63) is 33.9 Å². The molecule has 1 rings (SSSR count). The van der Waals surface area contributed by atoms with Crippen molar-refractivity contribution in [3.8, 4) is 0 Å². The molecule has 1 N–H and O–H groups in total. The fraction of sp³-hybridized carbons (Fsp3) is 0.667. The number of anilines is 1. The van der Waals surface area contributed by atoms with Crippen LogP contribution in [0.25, 0.3) is 0 Å². The summed E-state index contributed by atoms with van der Waals surface area (Å²) < 4.78 is 4.57. The normalized spacial score (nSPS) is 10.6. The molecule has 0 heterocycles. The van der Waals surface area contributed by atoms with E-state index >= 15 is 0 Å². The highest BCUT2D eigenvalue weighted by Gasteiger charge is 2.19. The molecule has 0 unspecified atom stereocenters. The van der Waals surface area contributed by atoms with Crippen LogP contribution in [-0.4, -0.2) is 23.9 Å². The molecule has 31 heavy (non-hydrogen) atoms. The topological polar surface area (TPSA) is 98.5 Å². The molecule has 7 heteroatoms. The van der Waals surface area contributed by atoms with E-state index in [1.807, 2.05) is 0 Å². The number of carbonyl (C=O) groups is 2. The predicted molar refractivity (Wildman–Crippen MR) is 123 cm³/mol. The lowest BCUT2D eigenvalue weighted by atomic mass is 10.0. The van der Waals surface area contributed by atoms with E-state index in [-0.39, 0.29) is 22.8 Å². The SMILES string of the molecule is CCCCCCCCCCCCCCCC(=O)Nc1ccc(C(=O)OC)cc1[N+](=O)[O-]. The number of rotatable bonds is 17. The average Bonchev–Trinajstić information content (AvgIpc) is 2.76. The highest BCUT2D eigenvalue weighted by molar-refractivity contribution is 5.96. The molecule has 7 nitrogen and oxygen atoms in total. The van der Waals surface area contributed by atoms with Gasteiger partial charge in [-0.2, -0.15) is 0 Å². The molecule has 1 aromatic rings. The number of unbranched alkanes of at least 4 members (excludes halogenated alkanes) is 12. The zero-order valence-corrected chi connectivity index (χ0v) is 19.1. The van der Waals surface area contributed by atoms with Gasteiger partial charge in [-0.05, 0) is 18.6 Å². The first-order valence-electron chi connectivity index (χ1n) is 11.7. The monoisotopic (exact) mass is 434 g/mol. The van der Waals surface area contributed by atoms with Crippen LogP contribution >= 0.6 is 0 Å². The molecule has 0 aromatic heterocycles. The van der Waals surface area contributed by atoms with Gasteiger partial charge in [0.15, 0.2) is 0 Å². The Morgan fingerprint density at radius 3 is 1.90 bits per heavy atom. The number of hydrogen-bond acceptors (Lipinski definition) is 5. The minimum atomic E-state index is -0.659. The number of nitro groups is 1. The van der Waals surface area contributed by atoms with Gasteiger partial charge in [0.1, 0.15) is 5.69 Å². The Hall–Kier alpha value is -2.44. The van der Waals surface area contributed by atoms with Gasteiger partial charge in [-0.25, -0.2) is 4.79 Å². The van der Waals surface area contributed by atoms with E-state index in [9.17, 15) is 19.7 Å². The smallest absolute Gasteiger partial charge is 0.338 e. The maximum Gasteiger partial charge on any atom is 0.338 e. The molecule has 0 atom stereocenters. The van der Waals surface area contributed by atoms with E-state index in [0.29, 0.717) is 6.42 Å². The van der Waals surface area contributed by atoms with Crippen LogP contribution in [0.1, 0.15) is 107 Å². The molecule has 174 valence electrons. The third kappa shape index (κ3) is 11.5. The number of hydrogen-bond donors (Lipinski definition) is 1. The Bertz CT molecular complexity index is 691. The van der Waals surface area contributed by atoms with Gasteiger partial charge in [-0.1, -0.05) is 84.0 Å². The number of nitrogens with zero attached hydrogens (tertiary/aromatic N) is 1. The first-order chi connectivity index (χ1) is 15.0. The Kier molecular flexibility index (Phi) is 14.0. The van der Waals surface area contributed by atoms with E-state index in [2.05, 4.69) is 17.0 Å². The van der Waals surface area contributed by atoms with Gasteiger partial charge in [-0.3, -0.25) is 14.9 Å². The van der Waals surface area contributed by atoms with Crippen LogP contribution < -0.4 is 5.32 Å². The van der Waals surface area contributed by atoms with Crippen LogP contribution in [0.4, 0.5) is 11.4 Å². The van der Waals surface area contributed by atoms with Crippen LogP contribution in [0.3, 0.4) is 0 Å². The van der Waals surface area contributed by atoms with Gasteiger partial charge in [0, 0.05) is 12.5 Å². The molecule has 0 fully saturated rings. The van der Waals surface area contributed by atoms with E-state index < -0.39 is 10.9 Å². The first kappa shape index (κ1) is 26.6. The fourth-order valence-corrected chi connectivity index (χ4v) is 3.55. The fourth-order valence-electron chi connectivity index (χ4n) is 3.55. The minimum absolute atomic E-state index is 0.0729. The second-order valence-corrected chi connectivity index (χ2v) is 8.02. The van der Waals surface area contributed by atoms with Crippen molar-refractivity contribution in [3.63, 3.8) is 0 Å². The minimum Gasteiger partial charge on any atom is -0.465 e. The van der Waals surface area contributed by atoms with E-state index in [1.54, 1.807) is 0 Å². The molecule has 0 spiro atoms. The van der Waals surface area contributed by atoms with Gasteiger partial charge in [-0.15, -0.1) is 0 Å². The van der Waals surface area contributed by atoms with Crippen molar-refractivity contribution in [1.82, 2.24) is 0 Å². The second kappa shape index (κ2) is 16.3. The molecule has 1 aromatic carbocycles. The molecule has 0 aliphatic carbocycles. The summed E-state index contributed by atoms with van der Waals surface area (Å²) in [4.78, 5) is 34.3. The Morgan fingerprint density at radius 1 is 0.903 bits per heavy atom. The number of esters is 1. The number of benzene rings is 1. The van der Waals surface area contributed by atoms with Gasteiger partial charge < -0.3 is 10.1 Å². The lowest BCUT2D eigenvalue weighted by Crippen LogP contribution is -2.13. The summed E-state index contributed by atoms with van der Waals surface area (Å²) in [5.74, 6) is -0.912. The summed E-state index contributed by atoms with van der Waals surface area (Å²) in [7, 11) is 1.21. The summed E-state index contributed by atoms with van der Waals surface area (Å²) in [6.45, 7) is 2.24. The second-order valence-electron chi connectivity index (χ2n) is 8.02. The van der Waals surface area contributed by atoms with Gasteiger partial charge in [0.05, 0.1) is 17.6 Å². The van der Waals surface area contributed by atoms with Crippen molar-refractivity contribution in [2.24, 2.45) is 0 Å². The molecule has 0 bridgehead atoms. The van der Waals surface area contributed by atoms with Crippen molar-refractivity contribution < 1.29 is 19.2 Å². The number of nitro benzene ring substituents is 1. The van der Waals surface area contributed by atoms with Crippen LogP contribution in [-0.2, 0) is 9.53 Å². The first-order valence-corrected chi connectivity index (χ1v) is 11.7. The zero-order chi connectivity index (χ0) is 22.9. The highest BCUT2D eigenvalue weighted by atomic mass is 16.6. The summed E-state index contributed by atoms with van der Waals surface area (Å²) >= 11 is 0. The van der Waals surface area contributed by atoms with Crippen LogP contribution in [0.15, 0.2) is 18.2 Å². The maximum absolute atomic E-state index is 12.1. The van der Waals surface area contributed by atoms with E-state index in [0.717, 1.165) is 25.3 Å². The zero-order valence-electron chi connectivity index (χ0n) is 19.1. The van der Waals surface area contributed by atoms with Crippen molar-refractivity contribution in [2.45, 2.75) is 96.8 Å². The van der Waals surface area contributed by atoms with Crippen LogP contribution in [0.2, 0.25) is 0 Å². The van der Waals surface area contributed by atoms with Gasteiger partial charge in [0.25, 0.3) is 5.69 Å². The third-order valence-corrected chi connectivity index (χ3v) is 5.40. The molecule has 0 aliphatic heterocycles. The largest absolute Gasteiger partial charge is 0.465 e. The summed E-state index contributed by atoms with van der Waals surface area (Å²) in [5, 5.41) is 13.8. The Morgan fingerprint density at radius 2 is 1.42 bits per heavy atom. The standard InChI is InChI=1S/C24H38N2O5/c1-3-4-5-6-7-8-9-10-11-12-13-14-15-16-23(27)25-21-18-17-20(24(28)31-2)19-22(21)26(29)30/h17-19H,3-16H2,1-2H3,(H,25,27). The van der Waals surface area contributed by atoms with Crippen LogP contribution in [0.5, 0.6) is 0 Å². The average molecular weight is 435 g/mol. The summed E-state index contributed by atoms with van der Waals surface area (Å²) in [6, 6.07) is 3.89. The lowest BCUT2D eigenvalue weighted by molar-refractivity contribution is -0.384. The van der Waals surface area contributed by atoms with Crippen LogP contribution in [0, 0.1) is 10.1 Å². The number of nitrogens with one attached hydrogen (secondary N) is 1. The molecule has 0 radical (unpaired) electrons.